The second-order valence-electron chi connectivity index (χ2n) is 6.09. The standard InChI is InChI=1S/C16H33NO2/c1-5-6-9-18-10-11-19-16-12-14(13(2)3)7-8-15(16)17-4/h13-17H,5-12H2,1-4H3. The zero-order valence-electron chi connectivity index (χ0n) is 13.3. The molecular formula is C16H33NO2. The van der Waals surface area contributed by atoms with Crippen LogP contribution < -0.4 is 5.32 Å². The third-order valence-corrected chi connectivity index (χ3v) is 4.35. The van der Waals surface area contributed by atoms with E-state index >= 15 is 0 Å². The summed E-state index contributed by atoms with van der Waals surface area (Å²) < 4.78 is 11.6. The molecule has 0 spiro atoms. The first kappa shape index (κ1) is 16.9. The van der Waals surface area contributed by atoms with Crippen LogP contribution in [0.5, 0.6) is 0 Å². The van der Waals surface area contributed by atoms with Crippen LogP contribution in [0.3, 0.4) is 0 Å². The Hall–Kier alpha value is -0.120. The maximum Gasteiger partial charge on any atom is 0.0731 e. The Labute approximate surface area is 119 Å². The molecule has 3 unspecified atom stereocenters. The van der Waals surface area contributed by atoms with Crippen LogP contribution >= 0.6 is 0 Å². The van der Waals surface area contributed by atoms with Crippen LogP contribution in [-0.2, 0) is 9.47 Å². The predicted molar refractivity (Wildman–Crippen MR) is 80.5 cm³/mol. The Morgan fingerprint density at radius 1 is 1.16 bits per heavy atom. The summed E-state index contributed by atoms with van der Waals surface area (Å²) in [6.45, 7) is 9.18. The molecule has 0 heterocycles. The van der Waals surface area contributed by atoms with Crippen molar-refractivity contribution >= 4 is 0 Å². The van der Waals surface area contributed by atoms with Crippen LogP contribution in [-0.4, -0.2) is 39.0 Å². The summed E-state index contributed by atoms with van der Waals surface area (Å²) in [5.74, 6) is 1.58. The van der Waals surface area contributed by atoms with Crippen LogP contribution in [0.15, 0.2) is 0 Å². The number of unbranched alkanes of at least 4 members (excludes halogenated alkanes) is 1. The Balaban J connectivity index is 2.23. The van der Waals surface area contributed by atoms with E-state index in [9.17, 15) is 0 Å². The molecule has 1 fully saturated rings. The van der Waals surface area contributed by atoms with Crippen LogP contribution in [0, 0.1) is 11.8 Å². The highest BCUT2D eigenvalue weighted by Gasteiger charge is 2.31. The first-order valence-electron chi connectivity index (χ1n) is 8.05. The van der Waals surface area contributed by atoms with Crippen LogP contribution in [0.4, 0.5) is 0 Å². The fourth-order valence-corrected chi connectivity index (χ4v) is 2.89. The van der Waals surface area contributed by atoms with Gasteiger partial charge in [-0.2, -0.15) is 0 Å². The molecule has 0 bridgehead atoms. The number of hydrogen-bond acceptors (Lipinski definition) is 3. The van der Waals surface area contributed by atoms with Crippen molar-refractivity contribution in [3.8, 4) is 0 Å². The molecular weight excluding hydrogens is 238 g/mol. The van der Waals surface area contributed by atoms with Crippen molar-refractivity contribution in [1.82, 2.24) is 5.32 Å². The molecule has 19 heavy (non-hydrogen) atoms. The molecule has 0 radical (unpaired) electrons. The molecule has 3 atom stereocenters. The van der Waals surface area contributed by atoms with Crippen LogP contribution in [0.2, 0.25) is 0 Å². The van der Waals surface area contributed by atoms with Gasteiger partial charge in [0.1, 0.15) is 0 Å². The van der Waals surface area contributed by atoms with Gasteiger partial charge in [0.05, 0.1) is 19.3 Å². The summed E-state index contributed by atoms with van der Waals surface area (Å²) in [5.41, 5.74) is 0. The SMILES string of the molecule is CCCCOCCOC1CC(C(C)C)CCC1NC. The number of rotatable bonds is 9. The summed E-state index contributed by atoms with van der Waals surface area (Å²) in [6, 6.07) is 0.519. The molecule has 1 aliphatic rings. The predicted octanol–water partition coefficient (Wildman–Crippen LogP) is 3.23. The Morgan fingerprint density at radius 3 is 2.58 bits per heavy atom. The van der Waals surface area contributed by atoms with Crippen molar-refractivity contribution < 1.29 is 9.47 Å². The average Bonchev–Trinajstić information content (AvgIpc) is 2.42. The second kappa shape index (κ2) is 9.73. The van der Waals surface area contributed by atoms with Crippen molar-refractivity contribution in [2.75, 3.05) is 26.9 Å². The van der Waals surface area contributed by atoms with E-state index in [1.807, 2.05) is 0 Å². The highest BCUT2D eigenvalue weighted by molar-refractivity contribution is 4.86. The quantitative estimate of drug-likeness (QED) is 0.653. The molecule has 1 saturated carbocycles. The molecule has 0 aromatic carbocycles. The van der Waals surface area contributed by atoms with Gasteiger partial charge in [0.15, 0.2) is 0 Å². The van der Waals surface area contributed by atoms with Gasteiger partial charge in [-0.25, -0.2) is 0 Å². The fraction of sp³-hybridized carbons (Fsp3) is 1.00. The second-order valence-corrected chi connectivity index (χ2v) is 6.09. The minimum atomic E-state index is 0.362. The number of likely N-dealkylation sites (N-methyl/N-ethyl adjacent to an activating group) is 1. The third kappa shape index (κ3) is 6.24. The van der Waals surface area contributed by atoms with Gasteiger partial charge in [-0.1, -0.05) is 27.2 Å². The monoisotopic (exact) mass is 271 g/mol. The number of nitrogens with one attached hydrogen (secondary N) is 1. The largest absolute Gasteiger partial charge is 0.379 e. The summed E-state index contributed by atoms with van der Waals surface area (Å²) >= 11 is 0. The van der Waals surface area contributed by atoms with E-state index in [0.717, 1.165) is 38.1 Å². The lowest BCUT2D eigenvalue weighted by atomic mass is 9.78. The zero-order chi connectivity index (χ0) is 14.1. The molecule has 114 valence electrons. The molecule has 0 aliphatic heterocycles. The molecule has 1 N–H and O–H groups in total. The summed E-state index contributed by atoms with van der Waals surface area (Å²) in [4.78, 5) is 0. The van der Waals surface area contributed by atoms with E-state index in [0.29, 0.717) is 12.1 Å². The normalized spacial score (nSPS) is 27.9. The van der Waals surface area contributed by atoms with Gasteiger partial charge in [-0.3, -0.25) is 0 Å². The first-order chi connectivity index (χ1) is 9.19. The van der Waals surface area contributed by atoms with Gasteiger partial charge in [0.25, 0.3) is 0 Å². The summed E-state index contributed by atoms with van der Waals surface area (Å²) in [6.07, 6.45) is 6.47. The Morgan fingerprint density at radius 2 is 1.95 bits per heavy atom. The van der Waals surface area contributed by atoms with Crippen molar-refractivity contribution in [3.63, 3.8) is 0 Å². The molecule has 0 amide bonds. The minimum Gasteiger partial charge on any atom is -0.379 e. The Bertz CT molecular complexity index is 221. The number of hydrogen-bond donors (Lipinski definition) is 1. The molecule has 0 aromatic rings. The third-order valence-electron chi connectivity index (χ3n) is 4.35. The van der Waals surface area contributed by atoms with Gasteiger partial charge in [-0.05, 0) is 44.6 Å². The van der Waals surface area contributed by atoms with Crippen molar-refractivity contribution in [1.29, 1.82) is 0 Å². The van der Waals surface area contributed by atoms with Crippen molar-refractivity contribution in [2.45, 2.75) is 65.0 Å². The van der Waals surface area contributed by atoms with E-state index < -0.39 is 0 Å². The number of ether oxygens (including phenoxy) is 2. The van der Waals surface area contributed by atoms with Gasteiger partial charge in [0, 0.05) is 12.6 Å². The summed E-state index contributed by atoms with van der Waals surface area (Å²) in [5, 5.41) is 3.41. The maximum atomic E-state index is 6.06. The van der Waals surface area contributed by atoms with E-state index in [-0.39, 0.29) is 0 Å². The molecule has 1 aliphatic carbocycles. The molecule has 3 heteroatoms. The summed E-state index contributed by atoms with van der Waals surface area (Å²) in [7, 11) is 2.05. The van der Waals surface area contributed by atoms with E-state index in [1.54, 1.807) is 0 Å². The lowest BCUT2D eigenvalue weighted by Gasteiger charge is -2.37. The topological polar surface area (TPSA) is 30.5 Å². The minimum absolute atomic E-state index is 0.362. The highest BCUT2D eigenvalue weighted by Crippen LogP contribution is 2.31. The van der Waals surface area contributed by atoms with Gasteiger partial charge >= 0.3 is 0 Å². The van der Waals surface area contributed by atoms with Gasteiger partial charge in [-0.15, -0.1) is 0 Å². The smallest absolute Gasteiger partial charge is 0.0731 e. The Kier molecular flexibility index (Phi) is 8.67. The maximum absolute atomic E-state index is 6.06. The van der Waals surface area contributed by atoms with Gasteiger partial charge in [0.2, 0.25) is 0 Å². The van der Waals surface area contributed by atoms with Crippen LogP contribution in [0.25, 0.3) is 0 Å². The first-order valence-corrected chi connectivity index (χ1v) is 8.05. The molecule has 0 saturated heterocycles. The van der Waals surface area contributed by atoms with E-state index in [4.69, 9.17) is 9.47 Å². The van der Waals surface area contributed by atoms with Crippen LogP contribution in [0.1, 0.15) is 52.9 Å². The van der Waals surface area contributed by atoms with E-state index in [2.05, 4.69) is 33.1 Å². The zero-order valence-corrected chi connectivity index (χ0v) is 13.3. The molecule has 3 nitrogen and oxygen atoms in total. The highest BCUT2D eigenvalue weighted by atomic mass is 16.5. The van der Waals surface area contributed by atoms with Gasteiger partial charge < -0.3 is 14.8 Å². The lowest BCUT2D eigenvalue weighted by molar-refractivity contribution is -0.0395. The lowest BCUT2D eigenvalue weighted by Crippen LogP contribution is -2.45. The van der Waals surface area contributed by atoms with E-state index in [1.165, 1.54) is 25.7 Å². The molecule has 0 aromatic heterocycles. The van der Waals surface area contributed by atoms with Crippen molar-refractivity contribution in [2.24, 2.45) is 11.8 Å². The average molecular weight is 271 g/mol. The van der Waals surface area contributed by atoms with Crippen molar-refractivity contribution in [3.05, 3.63) is 0 Å². The fourth-order valence-electron chi connectivity index (χ4n) is 2.89. The molecule has 1 rings (SSSR count).